The Kier molecular flexibility index (Phi) is 6.33. The Morgan fingerprint density at radius 2 is 1.84 bits per heavy atom. The summed E-state index contributed by atoms with van der Waals surface area (Å²) >= 11 is 0. The van der Waals surface area contributed by atoms with Gasteiger partial charge in [0.2, 0.25) is 0 Å². The van der Waals surface area contributed by atoms with E-state index >= 15 is 0 Å². The number of fused-ring (bicyclic) bond motifs is 2. The van der Waals surface area contributed by atoms with Gasteiger partial charge in [0, 0.05) is 55.0 Å². The molecule has 3 atom stereocenters. The van der Waals surface area contributed by atoms with E-state index in [-0.39, 0.29) is 6.04 Å². The molecule has 2 aromatic carbocycles. The summed E-state index contributed by atoms with van der Waals surface area (Å²) in [5, 5.41) is 20.2. The summed E-state index contributed by atoms with van der Waals surface area (Å²) in [6, 6.07) is 17.1. The fraction of sp³-hybridized carbons (Fsp3) is 0.433. The van der Waals surface area contributed by atoms with E-state index in [4.69, 9.17) is 0 Å². The number of hydrogen-bond donors (Lipinski definition) is 1. The Morgan fingerprint density at radius 3 is 2.62 bits per heavy atom. The highest BCUT2D eigenvalue weighted by Crippen LogP contribution is 2.45. The molecule has 1 aliphatic carbocycles. The maximum absolute atomic E-state index is 10.1. The van der Waals surface area contributed by atoms with Crippen molar-refractivity contribution in [2.45, 2.75) is 51.1 Å². The maximum atomic E-state index is 10.1. The van der Waals surface area contributed by atoms with Crippen molar-refractivity contribution in [1.29, 1.82) is 5.26 Å². The third-order valence-corrected chi connectivity index (χ3v) is 8.52. The van der Waals surface area contributed by atoms with Crippen LogP contribution in [0.1, 0.15) is 49.4 Å². The zero-order valence-electron chi connectivity index (χ0n) is 21.8. The molecule has 37 heavy (non-hydrogen) atoms. The lowest BCUT2D eigenvalue weighted by molar-refractivity contribution is 0.0746. The Labute approximate surface area is 218 Å². The predicted octanol–water partition coefficient (Wildman–Crippen LogP) is 5.77. The lowest BCUT2D eigenvalue weighted by Crippen LogP contribution is -2.41. The molecule has 4 aromatic rings. The lowest BCUT2D eigenvalue weighted by atomic mass is 9.72. The normalized spacial score (nSPS) is 21.5. The molecule has 3 heterocycles. The van der Waals surface area contributed by atoms with Gasteiger partial charge in [0.25, 0.3) is 0 Å². The number of nitrogens with one attached hydrogen (secondary N) is 1. The molecule has 0 radical (unpaired) electrons. The smallest absolute Gasteiger partial charge is 0.179 e. The average Bonchev–Trinajstić information content (AvgIpc) is 3.56. The van der Waals surface area contributed by atoms with E-state index in [1.54, 1.807) is 0 Å². The largest absolute Gasteiger partial charge is 0.378 e. The SMILES string of the molecule is CN(C)c1ccc(-c2cn(CCc3c(C4CC5CCCCC5CN4C#N)[nH]c4ccccc34)nn2)cc1. The third-order valence-electron chi connectivity index (χ3n) is 8.52. The molecule has 7 nitrogen and oxygen atoms in total. The lowest BCUT2D eigenvalue weighted by Gasteiger charge is -2.44. The second-order valence-electron chi connectivity index (χ2n) is 10.9. The number of piperidine rings is 1. The van der Waals surface area contributed by atoms with Crippen molar-refractivity contribution >= 4 is 16.6 Å². The molecule has 0 bridgehead atoms. The fourth-order valence-corrected chi connectivity index (χ4v) is 6.48. The first kappa shape index (κ1) is 23.6. The highest BCUT2D eigenvalue weighted by atomic mass is 15.4. The van der Waals surface area contributed by atoms with E-state index in [9.17, 15) is 5.26 Å². The molecule has 3 unspecified atom stereocenters. The van der Waals surface area contributed by atoms with E-state index in [1.807, 2.05) is 29.9 Å². The molecule has 6 rings (SSSR count). The Hall–Kier alpha value is -3.79. The zero-order valence-corrected chi connectivity index (χ0v) is 21.8. The number of likely N-dealkylation sites (tertiary alicyclic amines) is 1. The summed E-state index contributed by atoms with van der Waals surface area (Å²) < 4.78 is 1.95. The maximum Gasteiger partial charge on any atom is 0.179 e. The fourth-order valence-electron chi connectivity index (χ4n) is 6.48. The summed E-state index contributed by atoms with van der Waals surface area (Å²) in [5.74, 6) is 1.39. The van der Waals surface area contributed by atoms with Gasteiger partial charge in [-0.25, -0.2) is 0 Å². The van der Waals surface area contributed by atoms with Gasteiger partial charge in [-0.05, 0) is 54.9 Å². The standard InChI is InChI=1S/C30H35N7/c1-35(2)24-13-11-21(12-14-24)28-19-37(34-33-28)16-15-26-25-9-5-6-10-27(25)32-30(26)29-17-22-7-3-4-8-23(22)18-36(29)20-31/h5-6,9-14,19,22-23,29,32H,3-4,7-8,15-18H2,1-2H3. The summed E-state index contributed by atoms with van der Waals surface area (Å²) in [4.78, 5) is 7.87. The first-order chi connectivity index (χ1) is 18.1. The third kappa shape index (κ3) is 4.57. The highest BCUT2D eigenvalue weighted by molar-refractivity contribution is 5.85. The van der Waals surface area contributed by atoms with Crippen LogP contribution < -0.4 is 4.90 Å². The van der Waals surface area contributed by atoms with Crippen LogP contribution in [-0.4, -0.2) is 45.5 Å². The van der Waals surface area contributed by atoms with E-state index in [0.29, 0.717) is 5.92 Å². The molecule has 190 valence electrons. The average molecular weight is 494 g/mol. The number of aromatic nitrogens is 4. The van der Waals surface area contributed by atoms with Crippen LogP contribution in [0.2, 0.25) is 0 Å². The van der Waals surface area contributed by atoms with Crippen molar-refractivity contribution in [3.05, 3.63) is 66.0 Å². The summed E-state index contributed by atoms with van der Waals surface area (Å²) in [7, 11) is 4.09. The van der Waals surface area contributed by atoms with Gasteiger partial charge in [-0.3, -0.25) is 4.68 Å². The van der Waals surface area contributed by atoms with Gasteiger partial charge in [0.05, 0.1) is 12.2 Å². The molecule has 1 saturated carbocycles. The summed E-state index contributed by atoms with van der Waals surface area (Å²) in [6.45, 7) is 1.63. The molecule has 7 heteroatoms. The molecule has 2 aromatic heterocycles. The summed E-state index contributed by atoms with van der Waals surface area (Å²) in [5.41, 5.74) is 6.79. The van der Waals surface area contributed by atoms with Gasteiger partial charge < -0.3 is 14.8 Å². The Morgan fingerprint density at radius 1 is 1.05 bits per heavy atom. The van der Waals surface area contributed by atoms with Crippen molar-refractivity contribution in [1.82, 2.24) is 24.9 Å². The van der Waals surface area contributed by atoms with E-state index in [0.717, 1.165) is 54.3 Å². The van der Waals surface area contributed by atoms with Crippen LogP contribution in [0.5, 0.6) is 0 Å². The number of benzene rings is 2. The second kappa shape index (κ2) is 9.93. The van der Waals surface area contributed by atoms with E-state index in [2.05, 4.69) is 74.9 Å². The van der Waals surface area contributed by atoms with Crippen LogP contribution in [0, 0.1) is 23.3 Å². The van der Waals surface area contributed by atoms with Crippen LogP contribution in [0.15, 0.2) is 54.7 Å². The molecule has 1 saturated heterocycles. The van der Waals surface area contributed by atoms with Gasteiger partial charge in [0.15, 0.2) is 6.19 Å². The first-order valence-corrected chi connectivity index (χ1v) is 13.5. The number of para-hydroxylation sites is 1. The number of aryl methyl sites for hydroxylation is 2. The van der Waals surface area contributed by atoms with Gasteiger partial charge in [-0.15, -0.1) is 5.10 Å². The predicted molar refractivity (Wildman–Crippen MR) is 147 cm³/mol. The molecule has 2 fully saturated rings. The molecule has 0 spiro atoms. The number of rotatable bonds is 6. The quantitative estimate of drug-likeness (QED) is 0.345. The zero-order chi connectivity index (χ0) is 25.4. The van der Waals surface area contributed by atoms with Crippen LogP contribution in [0.3, 0.4) is 0 Å². The second-order valence-corrected chi connectivity index (χ2v) is 10.9. The van der Waals surface area contributed by atoms with Crippen LogP contribution in [0.25, 0.3) is 22.2 Å². The van der Waals surface area contributed by atoms with Gasteiger partial charge in [-0.2, -0.15) is 5.26 Å². The monoisotopic (exact) mass is 493 g/mol. The van der Waals surface area contributed by atoms with E-state index in [1.165, 1.54) is 42.3 Å². The minimum absolute atomic E-state index is 0.119. The molecular weight excluding hydrogens is 458 g/mol. The van der Waals surface area contributed by atoms with Crippen LogP contribution >= 0.6 is 0 Å². The number of nitriles is 1. The minimum atomic E-state index is 0.119. The Bertz CT molecular complexity index is 1410. The van der Waals surface area contributed by atoms with Crippen molar-refractivity contribution in [2.24, 2.45) is 11.8 Å². The van der Waals surface area contributed by atoms with Gasteiger partial charge in [-0.1, -0.05) is 54.8 Å². The number of nitrogens with zero attached hydrogens (tertiary/aromatic N) is 6. The van der Waals surface area contributed by atoms with Crippen molar-refractivity contribution < 1.29 is 0 Å². The van der Waals surface area contributed by atoms with Gasteiger partial charge >= 0.3 is 0 Å². The van der Waals surface area contributed by atoms with E-state index < -0.39 is 0 Å². The van der Waals surface area contributed by atoms with Gasteiger partial charge in [0.1, 0.15) is 5.69 Å². The molecular formula is C30H35N7. The van der Waals surface area contributed by atoms with Crippen LogP contribution in [-0.2, 0) is 13.0 Å². The number of anilines is 1. The van der Waals surface area contributed by atoms with Crippen molar-refractivity contribution in [3.63, 3.8) is 0 Å². The van der Waals surface area contributed by atoms with Crippen molar-refractivity contribution in [3.8, 4) is 17.5 Å². The Balaban J connectivity index is 1.26. The van der Waals surface area contributed by atoms with Crippen LogP contribution in [0.4, 0.5) is 5.69 Å². The summed E-state index contributed by atoms with van der Waals surface area (Å²) in [6.07, 6.45) is 11.7. The molecule has 0 amide bonds. The number of aromatic amines is 1. The minimum Gasteiger partial charge on any atom is -0.378 e. The highest BCUT2D eigenvalue weighted by Gasteiger charge is 2.38. The number of H-pyrrole nitrogens is 1. The molecule has 2 aliphatic rings. The number of hydrogen-bond acceptors (Lipinski definition) is 5. The molecule has 1 aliphatic heterocycles. The molecule has 1 N–H and O–H groups in total. The topological polar surface area (TPSA) is 76.8 Å². The van der Waals surface area contributed by atoms with Crippen molar-refractivity contribution in [2.75, 3.05) is 25.5 Å². The first-order valence-electron chi connectivity index (χ1n) is 13.5.